The first-order chi connectivity index (χ1) is 12.9. The topological polar surface area (TPSA) is 158 Å². The largest absolute Gasteiger partial charge is 0.462 e. The molecule has 0 saturated carbocycles. The van der Waals surface area contributed by atoms with Crippen LogP contribution in [0.25, 0.3) is 0 Å². The second kappa shape index (κ2) is 7.62. The molecule has 3 rings (SSSR count). The van der Waals surface area contributed by atoms with Crippen LogP contribution < -0.4 is 26.2 Å². The van der Waals surface area contributed by atoms with Crippen molar-refractivity contribution in [1.29, 1.82) is 0 Å². The number of nitrogens with one attached hydrogen (secondary N) is 2. The van der Waals surface area contributed by atoms with Gasteiger partial charge in [-0.2, -0.15) is 0 Å². The molecular formula is C17H20N2O8. The van der Waals surface area contributed by atoms with Crippen LogP contribution in [0.1, 0.15) is 0 Å². The van der Waals surface area contributed by atoms with Gasteiger partial charge in [-0.3, -0.25) is 9.59 Å². The van der Waals surface area contributed by atoms with Gasteiger partial charge in [0.1, 0.15) is 41.5 Å². The van der Waals surface area contributed by atoms with E-state index in [2.05, 4.69) is 10.6 Å². The molecule has 1 fully saturated rings. The zero-order valence-electron chi connectivity index (χ0n) is 14.3. The fraction of sp³-hybridized carbons (Fsp3) is 0.412. The third-order valence-electron chi connectivity index (χ3n) is 4.38. The van der Waals surface area contributed by atoms with E-state index in [-0.39, 0.29) is 17.1 Å². The number of hydrogen-bond acceptors (Lipinski definition) is 10. The number of aliphatic hydroxyl groups is 4. The Morgan fingerprint density at radius 2 is 1.63 bits per heavy atom. The van der Waals surface area contributed by atoms with Gasteiger partial charge in [0.25, 0.3) is 10.9 Å². The summed E-state index contributed by atoms with van der Waals surface area (Å²) >= 11 is 0. The Morgan fingerprint density at radius 3 is 2.22 bits per heavy atom. The summed E-state index contributed by atoms with van der Waals surface area (Å²) in [6, 6.07) is 6.20. The molecule has 146 valence electrons. The van der Waals surface area contributed by atoms with E-state index < -0.39 is 48.2 Å². The van der Waals surface area contributed by atoms with Crippen molar-refractivity contribution in [3.8, 4) is 5.75 Å². The van der Waals surface area contributed by atoms with E-state index in [4.69, 9.17) is 9.47 Å². The lowest BCUT2D eigenvalue weighted by molar-refractivity contribution is -0.277. The maximum atomic E-state index is 11.6. The SMILES string of the molecule is CNc1c(Nc2ccc(OC3OC(CO)C(O)[C@H](O)[C@H]3O)cc2)c(=O)c1=O. The number of anilines is 3. The molecule has 1 aliphatic heterocycles. The van der Waals surface area contributed by atoms with Crippen molar-refractivity contribution in [3.05, 3.63) is 44.7 Å². The first-order valence-electron chi connectivity index (χ1n) is 8.22. The van der Waals surface area contributed by atoms with E-state index in [1.807, 2.05) is 0 Å². The lowest BCUT2D eigenvalue weighted by Crippen LogP contribution is -2.60. The fourth-order valence-corrected chi connectivity index (χ4v) is 2.81. The lowest BCUT2D eigenvalue weighted by Gasteiger charge is -2.39. The van der Waals surface area contributed by atoms with Crippen LogP contribution in [0.4, 0.5) is 17.1 Å². The minimum absolute atomic E-state index is 0.171. The van der Waals surface area contributed by atoms with Crippen molar-refractivity contribution >= 4 is 17.1 Å². The van der Waals surface area contributed by atoms with Crippen LogP contribution in [-0.2, 0) is 4.74 Å². The quantitative estimate of drug-likeness (QED) is 0.317. The zero-order chi connectivity index (χ0) is 19.7. The van der Waals surface area contributed by atoms with Gasteiger partial charge in [0.2, 0.25) is 6.29 Å². The molecule has 0 aromatic heterocycles. The number of hydrogen-bond donors (Lipinski definition) is 6. The zero-order valence-corrected chi connectivity index (χ0v) is 14.3. The summed E-state index contributed by atoms with van der Waals surface area (Å²) in [6.07, 6.45) is -6.86. The molecule has 0 spiro atoms. The van der Waals surface area contributed by atoms with E-state index in [0.29, 0.717) is 5.69 Å². The molecule has 5 atom stereocenters. The Kier molecular flexibility index (Phi) is 5.44. The fourth-order valence-electron chi connectivity index (χ4n) is 2.81. The highest BCUT2D eigenvalue weighted by Crippen LogP contribution is 2.26. The summed E-state index contributed by atoms with van der Waals surface area (Å²) in [5, 5.41) is 44.2. The van der Waals surface area contributed by atoms with Crippen molar-refractivity contribution in [2.45, 2.75) is 30.7 Å². The predicted molar refractivity (Wildman–Crippen MR) is 95.0 cm³/mol. The average molecular weight is 380 g/mol. The van der Waals surface area contributed by atoms with E-state index in [0.717, 1.165) is 0 Å². The number of benzene rings is 1. The summed E-state index contributed by atoms with van der Waals surface area (Å²) in [6.45, 7) is -0.552. The summed E-state index contributed by atoms with van der Waals surface area (Å²) < 4.78 is 10.7. The van der Waals surface area contributed by atoms with E-state index in [1.54, 1.807) is 19.2 Å². The van der Waals surface area contributed by atoms with Crippen LogP contribution in [-0.4, -0.2) is 64.8 Å². The van der Waals surface area contributed by atoms with Gasteiger partial charge in [-0.1, -0.05) is 0 Å². The van der Waals surface area contributed by atoms with Gasteiger partial charge >= 0.3 is 0 Å². The normalized spacial score (nSPS) is 28.1. The molecule has 1 heterocycles. The van der Waals surface area contributed by atoms with Crippen LogP contribution in [0.5, 0.6) is 5.75 Å². The molecule has 1 aliphatic rings. The first-order valence-corrected chi connectivity index (χ1v) is 8.22. The van der Waals surface area contributed by atoms with Crippen LogP contribution in [0.15, 0.2) is 33.9 Å². The van der Waals surface area contributed by atoms with Gasteiger partial charge in [-0.25, -0.2) is 0 Å². The molecule has 6 N–H and O–H groups in total. The van der Waals surface area contributed by atoms with Crippen LogP contribution in [0, 0.1) is 0 Å². The maximum Gasteiger partial charge on any atom is 0.253 e. The maximum absolute atomic E-state index is 11.6. The summed E-state index contributed by atoms with van der Waals surface area (Å²) in [4.78, 5) is 23.0. The Labute approximate surface area is 153 Å². The van der Waals surface area contributed by atoms with Gasteiger partial charge in [0.05, 0.1) is 6.61 Å². The number of rotatable bonds is 6. The van der Waals surface area contributed by atoms with Gasteiger partial charge in [0.15, 0.2) is 0 Å². The van der Waals surface area contributed by atoms with Crippen molar-refractivity contribution in [2.75, 3.05) is 24.3 Å². The molecule has 1 saturated heterocycles. The molecule has 0 aliphatic carbocycles. The van der Waals surface area contributed by atoms with Gasteiger partial charge in [-0.15, -0.1) is 0 Å². The average Bonchev–Trinajstić information content (AvgIpc) is 2.69. The molecule has 10 heteroatoms. The van der Waals surface area contributed by atoms with E-state index in [1.165, 1.54) is 12.1 Å². The van der Waals surface area contributed by atoms with Crippen molar-refractivity contribution < 1.29 is 29.9 Å². The van der Waals surface area contributed by atoms with E-state index >= 15 is 0 Å². The third-order valence-corrected chi connectivity index (χ3v) is 4.38. The molecule has 0 bridgehead atoms. The summed E-state index contributed by atoms with van der Waals surface area (Å²) in [7, 11) is 1.54. The monoisotopic (exact) mass is 380 g/mol. The highest BCUT2D eigenvalue weighted by molar-refractivity contribution is 5.78. The third kappa shape index (κ3) is 3.53. The molecule has 0 radical (unpaired) electrons. The lowest BCUT2D eigenvalue weighted by atomic mass is 9.99. The molecule has 2 aromatic rings. The van der Waals surface area contributed by atoms with Crippen LogP contribution in [0.2, 0.25) is 0 Å². The second-order valence-electron chi connectivity index (χ2n) is 6.12. The van der Waals surface area contributed by atoms with Crippen LogP contribution in [0.3, 0.4) is 0 Å². The Bertz CT molecular complexity index is 859. The molecule has 3 unspecified atom stereocenters. The molecule has 0 amide bonds. The Hall–Kier alpha value is -2.50. The minimum Gasteiger partial charge on any atom is -0.462 e. The Balaban J connectivity index is 1.68. The van der Waals surface area contributed by atoms with Crippen LogP contribution >= 0.6 is 0 Å². The number of aliphatic hydroxyl groups excluding tert-OH is 4. The van der Waals surface area contributed by atoms with Crippen molar-refractivity contribution in [2.24, 2.45) is 0 Å². The minimum atomic E-state index is -1.53. The smallest absolute Gasteiger partial charge is 0.253 e. The van der Waals surface area contributed by atoms with Crippen molar-refractivity contribution in [1.82, 2.24) is 0 Å². The highest BCUT2D eigenvalue weighted by atomic mass is 16.7. The molecule has 10 nitrogen and oxygen atoms in total. The summed E-state index contributed by atoms with van der Waals surface area (Å²) in [5.74, 6) is 0.281. The summed E-state index contributed by atoms with van der Waals surface area (Å²) in [5.41, 5.74) is -0.282. The van der Waals surface area contributed by atoms with Gasteiger partial charge < -0.3 is 40.5 Å². The van der Waals surface area contributed by atoms with Gasteiger partial charge in [-0.05, 0) is 24.3 Å². The second-order valence-corrected chi connectivity index (χ2v) is 6.12. The predicted octanol–water partition coefficient (Wildman–Crippen LogP) is -1.75. The van der Waals surface area contributed by atoms with Crippen molar-refractivity contribution in [3.63, 3.8) is 0 Å². The number of ether oxygens (including phenoxy) is 2. The standard InChI is InChI=1S/C17H20N2O8/c1-18-10-11(14(23)13(10)22)19-7-2-4-8(5-3-7)26-17-16(25)15(24)12(21)9(6-20)27-17/h2-5,9,12,15-21,24-25H,6H2,1H3/t9?,12?,15-,16+,17?/m0/s1. The first kappa shape index (κ1) is 19.3. The molecule has 2 aromatic carbocycles. The molecule has 27 heavy (non-hydrogen) atoms. The van der Waals surface area contributed by atoms with Gasteiger partial charge in [0, 0.05) is 12.7 Å². The Morgan fingerprint density at radius 1 is 1.00 bits per heavy atom. The highest BCUT2D eigenvalue weighted by Gasteiger charge is 2.44. The van der Waals surface area contributed by atoms with E-state index in [9.17, 15) is 30.0 Å². The molecular weight excluding hydrogens is 360 g/mol.